The molecule has 0 radical (unpaired) electrons. The summed E-state index contributed by atoms with van der Waals surface area (Å²) in [6, 6.07) is 5.53. The summed E-state index contributed by atoms with van der Waals surface area (Å²) in [5, 5.41) is 0. The molecule has 2 heteroatoms. The van der Waals surface area contributed by atoms with Crippen molar-refractivity contribution < 1.29 is 4.79 Å². The zero-order valence-corrected chi connectivity index (χ0v) is 6.56. The summed E-state index contributed by atoms with van der Waals surface area (Å²) in [5.74, 6) is 0. The summed E-state index contributed by atoms with van der Waals surface area (Å²) in [5.41, 5.74) is 1.77. The largest absolute Gasteiger partial charge is 0.298 e. The van der Waals surface area contributed by atoms with E-state index in [1.54, 1.807) is 6.07 Å². The van der Waals surface area contributed by atoms with E-state index in [0.717, 1.165) is 16.7 Å². The number of thiol groups is 1. The number of carbonyl (C=O) groups excluding carboxylic acids is 1. The van der Waals surface area contributed by atoms with Gasteiger partial charge in [-0.15, -0.1) is 12.6 Å². The molecule has 0 aliphatic rings. The van der Waals surface area contributed by atoms with Crippen LogP contribution in [0.5, 0.6) is 0 Å². The van der Waals surface area contributed by atoms with Gasteiger partial charge in [0.15, 0.2) is 6.29 Å². The van der Waals surface area contributed by atoms with Gasteiger partial charge in [0.2, 0.25) is 0 Å². The highest BCUT2D eigenvalue weighted by molar-refractivity contribution is 7.80. The molecule has 0 unspecified atom stereocenters. The number of hydrogen-bond donors (Lipinski definition) is 1. The summed E-state index contributed by atoms with van der Waals surface area (Å²) >= 11 is 4.12. The standard InChI is InChI=1S/C8H8OS/c1-6-2-3-7(5-9)8(10)4-6/h2-5,10H,1H3. The zero-order chi connectivity index (χ0) is 7.56. The van der Waals surface area contributed by atoms with Gasteiger partial charge in [-0.2, -0.15) is 0 Å². The van der Waals surface area contributed by atoms with Gasteiger partial charge in [0.05, 0.1) is 0 Å². The minimum Gasteiger partial charge on any atom is -0.298 e. The van der Waals surface area contributed by atoms with Crippen molar-refractivity contribution in [1.82, 2.24) is 0 Å². The van der Waals surface area contributed by atoms with Crippen LogP contribution in [0.2, 0.25) is 0 Å². The van der Waals surface area contributed by atoms with Gasteiger partial charge in [-0.05, 0) is 18.6 Å². The first-order chi connectivity index (χ1) is 4.74. The predicted octanol–water partition coefficient (Wildman–Crippen LogP) is 2.10. The molecule has 0 aliphatic heterocycles. The molecule has 1 aromatic rings. The highest BCUT2D eigenvalue weighted by Crippen LogP contribution is 2.12. The van der Waals surface area contributed by atoms with E-state index in [4.69, 9.17) is 0 Å². The Morgan fingerprint density at radius 3 is 2.70 bits per heavy atom. The van der Waals surface area contributed by atoms with E-state index in [2.05, 4.69) is 12.6 Å². The number of benzene rings is 1. The molecular weight excluding hydrogens is 144 g/mol. The van der Waals surface area contributed by atoms with Crippen molar-refractivity contribution >= 4 is 18.9 Å². The summed E-state index contributed by atoms with van der Waals surface area (Å²) in [4.78, 5) is 11.0. The lowest BCUT2D eigenvalue weighted by Crippen LogP contribution is -1.82. The smallest absolute Gasteiger partial charge is 0.151 e. The Kier molecular flexibility index (Phi) is 2.12. The maximum absolute atomic E-state index is 10.3. The molecule has 1 aromatic carbocycles. The lowest BCUT2D eigenvalue weighted by molar-refractivity contribution is 0.112. The molecule has 0 amide bonds. The van der Waals surface area contributed by atoms with Gasteiger partial charge in [-0.1, -0.05) is 12.1 Å². The number of hydrogen-bond acceptors (Lipinski definition) is 2. The van der Waals surface area contributed by atoms with Crippen molar-refractivity contribution in [3.8, 4) is 0 Å². The molecule has 0 atom stereocenters. The summed E-state index contributed by atoms with van der Waals surface area (Å²) in [7, 11) is 0. The van der Waals surface area contributed by atoms with Crippen LogP contribution in [-0.4, -0.2) is 6.29 Å². The molecule has 0 bridgehead atoms. The quantitative estimate of drug-likeness (QED) is 0.481. The van der Waals surface area contributed by atoms with Gasteiger partial charge in [0.25, 0.3) is 0 Å². The second kappa shape index (κ2) is 2.88. The van der Waals surface area contributed by atoms with E-state index in [9.17, 15) is 4.79 Å². The molecule has 0 saturated heterocycles. The minimum absolute atomic E-state index is 0.647. The average Bonchev–Trinajstić information content (AvgIpc) is 1.88. The van der Waals surface area contributed by atoms with Crippen LogP contribution >= 0.6 is 12.6 Å². The zero-order valence-electron chi connectivity index (χ0n) is 5.66. The lowest BCUT2D eigenvalue weighted by Gasteiger charge is -1.96. The van der Waals surface area contributed by atoms with Crippen molar-refractivity contribution in [3.63, 3.8) is 0 Å². The molecule has 1 nitrogen and oxygen atoms in total. The Hall–Kier alpha value is -0.760. The van der Waals surface area contributed by atoms with Gasteiger partial charge in [-0.25, -0.2) is 0 Å². The maximum atomic E-state index is 10.3. The summed E-state index contributed by atoms with van der Waals surface area (Å²) in [6.07, 6.45) is 0.807. The second-order valence-corrected chi connectivity index (χ2v) is 2.66. The highest BCUT2D eigenvalue weighted by Gasteiger charge is 1.94. The van der Waals surface area contributed by atoms with E-state index in [-0.39, 0.29) is 0 Å². The first-order valence-electron chi connectivity index (χ1n) is 2.99. The summed E-state index contributed by atoms with van der Waals surface area (Å²) < 4.78 is 0. The number of aryl methyl sites for hydroxylation is 1. The second-order valence-electron chi connectivity index (χ2n) is 2.18. The molecule has 0 N–H and O–H groups in total. The van der Waals surface area contributed by atoms with Crippen LogP contribution in [0.4, 0.5) is 0 Å². The highest BCUT2D eigenvalue weighted by atomic mass is 32.1. The molecule has 10 heavy (non-hydrogen) atoms. The van der Waals surface area contributed by atoms with E-state index in [0.29, 0.717) is 5.56 Å². The van der Waals surface area contributed by atoms with Crippen molar-refractivity contribution in [2.45, 2.75) is 11.8 Å². The first kappa shape index (κ1) is 7.35. The molecular formula is C8H8OS. The fourth-order valence-electron chi connectivity index (χ4n) is 0.753. The fraction of sp³-hybridized carbons (Fsp3) is 0.125. The van der Waals surface area contributed by atoms with Gasteiger partial charge in [0, 0.05) is 10.5 Å². The van der Waals surface area contributed by atoms with Crippen molar-refractivity contribution in [2.75, 3.05) is 0 Å². The molecule has 0 aromatic heterocycles. The van der Waals surface area contributed by atoms with Crippen LogP contribution in [0, 0.1) is 6.92 Å². The number of aldehydes is 1. The minimum atomic E-state index is 0.647. The topological polar surface area (TPSA) is 17.1 Å². The van der Waals surface area contributed by atoms with Crippen molar-refractivity contribution in [1.29, 1.82) is 0 Å². The van der Waals surface area contributed by atoms with Gasteiger partial charge in [0.1, 0.15) is 0 Å². The predicted molar refractivity (Wildman–Crippen MR) is 43.8 cm³/mol. The normalized spacial score (nSPS) is 9.40. The maximum Gasteiger partial charge on any atom is 0.151 e. The third-order valence-electron chi connectivity index (χ3n) is 1.31. The van der Waals surface area contributed by atoms with Crippen molar-refractivity contribution in [3.05, 3.63) is 29.3 Å². The number of carbonyl (C=O) groups is 1. The van der Waals surface area contributed by atoms with Crippen LogP contribution in [0.1, 0.15) is 15.9 Å². The van der Waals surface area contributed by atoms with Crippen LogP contribution in [0.3, 0.4) is 0 Å². The third-order valence-corrected chi connectivity index (χ3v) is 1.70. The van der Waals surface area contributed by atoms with Crippen LogP contribution in [0.15, 0.2) is 23.1 Å². The van der Waals surface area contributed by atoms with Crippen LogP contribution in [-0.2, 0) is 0 Å². The SMILES string of the molecule is Cc1ccc(C=O)c(S)c1. The molecule has 0 aliphatic carbocycles. The van der Waals surface area contributed by atoms with E-state index in [1.165, 1.54) is 0 Å². The number of rotatable bonds is 1. The van der Waals surface area contributed by atoms with E-state index >= 15 is 0 Å². The Morgan fingerprint density at radius 1 is 1.50 bits per heavy atom. The monoisotopic (exact) mass is 152 g/mol. The van der Waals surface area contributed by atoms with Gasteiger partial charge in [-0.3, -0.25) is 4.79 Å². The molecule has 52 valence electrons. The fourth-order valence-corrected chi connectivity index (χ4v) is 1.08. The Morgan fingerprint density at radius 2 is 2.20 bits per heavy atom. The Bertz CT molecular complexity index is 255. The third kappa shape index (κ3) is 1.39. The average molecular weight is 152 g/mol. The van der Waals surface area contributed by atoms with Gasteiger partial charge < -0.3 is 0 Å². The van der Waals surface area contributed by atoms with Gasteiger partial charge >= 0.3 is 0 Å². The molecule has 0 saturated carbocycles. The molecule has 0 fully saturated rings. The van der Waals surface area contributed by atoms with Crippen LogP contribution < -0.4 is 0 Å². The lowest BCUT2D eigenvalue weighted by atomic mass is 10.2. The van der Waals surface area contributed by atoms with Crippen molar-refractivity contribution in [2.24, 2.45) is 0 Å². The molecule has 0 heterocycles. The van der Waals surface area contributed by atoms with Crippen LogP contribution in [0.25, 0.3) is 0 Å². The summed E-state index contributed by atoms with van der Waals surface area (Å²) in [6.45, 7) is 1.97. The molecule has 1 rings (SSSR count). The Balaban J connectivity index is 3.19. The first-order valence-corrected chi connectivity index (χ1v) is 3.43. The van der Waals surface area contributed by atoms with E-state index in [1.807, 2.05) is 19.1 Å². The Labute approximate surface area is 65.5 Å². The van der Waals surface area contributed by atoms with E-state index < -0.39 is 0 Å². The molecule has 0 spiro atoms.